The monoisotopic (exact) mass is 484 g/mol. The van der Waals surface area contributed by atoms with Gasteiger partial charge in [-0.15, -0.1) is 10.2 Å². The predicted octanol–water partition coefficient (Wildman–Crippen LogP) is 5.41. The Balaban J connectivity index is 1.58. The van der Waals surface area contributed by atoms with E-state index in [-0.39, 0.29) is 23.1 Å². The summed E-state index contributed by atoms with van der Waals surface area (Å²) in [5.41, 5.74) is 1.28. The normalized spacial score (nSPS) is 11.5. The number of amides is 1. The molecule has 0 saturated carbocycles. The average molecular weight is 485 g/mol. The molecule has 2 aromatic carbocycles. The molecule has 0 bridgehead atoms. The van der Waals surface area contributed by atoms with Crippen LogP contribution in [0.5, 0.6) is 5.75 Å². The molecule has 0 atom stereocenters. The number of nitrogens with one attached hydrogen (secondary N) is 1. The van der Waals surface area contributed by atoms with Crippen molar-refractivity contribution in [1.29, 1.82) is 0 Å². The lowest BCUT2D eigenvalue weighted by Crippen LogP contribution is -2.16. The molecule has 0 aliphatic heterocycles. The molecule has 0 fully saturated rings. The lowest BCUT2D eigenvalue weighted by atomic mass is 10.1. The molecular weight excluding hydrogens is 465 g/mol. The summed E-state index contributed by atoms with van der Waals surface area (Å²) in [6, 6.07) is 8.53. The third-order valence-electron chi connectivity index (χ3n) is 4.67. The van der Waals surface area contributed by atoms with Gasteiger partial charge in [-0.2, -0.15) is 13.2 Å². The van der Waals surface area contributed by atoms with E-state index in [0.29, 0.717) is 16.7 Å². The Hall–Kier alpha value is -2.72. The molecular formula is C21H20ClF3N4O2S. The van der Waals surface area contributed by atoms with Crippen molar-refractivity contribution in [2.24, 2.45) is 7.05 Å². The van der Waals surface area contributed by atoms with Gasteiger partial charge in [0, 0.05) is 7.05 Å². The van der Waals surface area contributed by atoms with Gasteiger partial charge >= 0.3 is 6.18 Å². The van der Waals surface area contributed by atoms with Gasteiger partial charge in [-0.3, -0.25) is 4.79 Å². The van der Waals surface area contributed by atoms with E-state index < -0.39 is 17.6 Å². The summed E-state index contributed by atoms with van der Waals surface area (Å²) in [5, 5.41) is 11.0. The highest BCUT2D eigenvalue weighted by Crippen LogP contribution is 2.34. The molecule has 0 aliphatic rings. The molecule has 1 aromatic heterocycles. The summed E-state index contributed by atoms with van der Waals surface area (Å²) in [6.07, 6.45) is -4.53. The van der Waals surface area contributed by atoms with Crippen molar-refractivity contribution >= 4 is 35.0 Å². The SMILES string of the molecule is Cc1ccc(OCc2nnc(SCC(=O)Nc3cc(C(F)(F)F)ccc3Cl)n2C)cc1C. The van der Waals surface area contributed by atoms with Crippen LogP contribution in [-0.4, -0.2) is 26.4 Å². The first-order chi connectivity index (χ1) is 15.0. The number of nitrogens with zero attached hydrogens (tertiary/aromatic N) is 3. The maximum atomic E-state index is 12.9. The standard InChI is InChI=1S/C21H20ClF3N4O2S/c1-12-4-6-15(8-13(12)2)31-10-18-27-28-20(29(18)3)32-11-19(30)26-17-9-14(21(23,24)25)5-7-16(17)22/h4-9H,10-11H2,1-3H3,(H,26,30). The molecule has 0 radical (unpaired) electrons. The van der Waals surface area contributed by atoms with Gasteiger partial charge in [0.05, 0.1) is 22.0 Å². The fourth-order valence-corrected chi connectivity index (χ4v) is 3.56. The van der Waals surface area contributed by atoms with Crippen molar-refractivity contribution in [3.05, 3.63) is 63.9 Å². The van der Waals surface area contributed by atoms with Crippen LogP contribution in [0.4, 0.5) is 18.9 Å². The molecule has 1 heterocycles. The minimum atomic E-state index is -4.53. The first kappa shape index (κ1) is 23.9. The Morgan fingerprint density at radius 1 is 1.16 bits per heavy atom. The second kappa shape index (κ2) is 9.83. The second-order valence-electron chi connectivity index (χ2n) is 7.02. The van der Waals surface area contributed by atoms with Gasteiger partial charge in [-0.05, 0) is 55.3 Å². The van der Waals surface area contributed by atoms with Gasteiger partial charge in [0.1, 0.15) is 12.4 Å². The summed E-state index contributed by atoms with van der Waals surface area (Å²) < 4.78 is 46.1. The maximum absolute atomic E-state index is 12.9. The highest BCUT2D eigenvalue weighted by Gasteiger charge is 2.31. The van der Waals surface area contributed by atoms with E-state index in [0.717, 1.165) is 35.5 Å². The number of benzene rings is 2. The van der Waals surface area contributed by atoms with E-state index in [9.17, 15) is 18.0 Å². The second-order valence-corrected chi connectivity index (χ2v) is 8.37. The Morgan fingerprint density at radius 2 is 1.91 bits per heavy atom. The Morgan fingerprint density at radius 3 is 2.59 bits per heavy atom. The van der Waals surface area contributed by atoms with Gasteiger partial charge in [0.15, 0.2) is 11.0 Å². The molecule has 1 N–H and O–H groups in total. The van der Waals surface area contributed by atoms with E-state index >= 15 is 0 Å². The highest BCUT2D eigenvalue weighted by molar-refractivity contribution is 7.99. The topological polar surface area (TPSA) is 69.0 Å². The number of hydrogen-bond acceptors (Lipinski definition) is 5. The predicted molar refractivity (Wildman–Crippen MR) is 117 cm³/mol. The zero-order valence-corrected chi connectivity index (χ0v) is 19.0. The van der Waals surface area contributed by atoms with Gasteiger partial charge in [0.2, 0.25) is 5.91 Å². The van der Waals surface area contributed by atoms with E-state index in [1.807, 2.05) is 32.0 Å². The van der Waals surface area contributed by atoms with Gasteiger partial charge < -0.3 is 14.6 Å². The van der Waals surface area contributed by atoms with Gasteiger partial charge in [-0.25, -0.2) is 0 Å². The Bertz CT molecular complexity index is 1130. The molecule has 0 aliphatic carbocycles. The third-order valence-corrected chi connectivity index (χ3v) is 6.02. The quantitative estimate of drug-likeness (QED) is 0.454. The largest absolute Gasteiger partial charge is 0.486 e. The lowest BCUT2D eigenvalue weighted by molar-refractivity contribution is -0.137. The molecule has 3 aromatic rings. The fraction of sp³-hybridized carbons (Fsp3) is 0.286. The number of alkyl halides is 3. The molecule has 0 spiro atoms. The van der Waals surface area contributed by atoms with Crippen LogP contribution in [0.15, 0.2) is 41.6 Å². The minimum Gasteiger partial charge on any atom is -0.486 e. The van der Waals surface area contributed by atoms with Crippen molar-refractivity contribution in [1.82, 2.24) is 14.8 Å². The molecule has 3 rings (SSSR count). The van der Waals surface area contributed by atoms with E-state index in [1.165, 1.54) is 5.56 Å². The summed E-state index contributed by atoms with van der Waals surface area (Å²) in [5.74, 6) is 0.665. The summed E-state index contributed by atoms with van der Waals surface area (Å²) in [7, 11) is 1.74. The first-order valence-electron chi connectivity index (χ1n) is 9.42. The van der Waals surface area contributed by atoms with E-state index in [2.05, 4.69) is 15.5 Å². The lowest BCUT2D eigenvalue weighted by Gasteiger charge is -2.11. The highest BCUT2D eigenvalue weighted by atomic mass is 35.5. The van der Waals surface area contributed by atoms with Crippen LogP contribution in [0.25, 0.3) is 0 Å². The summed E-state index contributed by atoms with van der Waals surface area (Å²) in [4.78, 5) is 12.2. The van der Waals surface area contributed by atoms with Crippen molar-refractivity contribution < 1.29 is 22.7 Å². The molecule has 11 heteroatoms. The zero-order valence-electron chi connectivity index (χ0n) is 17.5. The van der Waals surface area contributed by atoms with Crippen LogP contribution in [0.3, 0.4) is 0 Å². The number of thioether (sulfide) groups is 1. The maximum Gasteiger partial charge on any atom is 0.416 e. The van der Waals surface area contributed by atoms with Crippen LogP contribution in [0.1, 0.15) is 22.5 Å². The number of rotatable bonds is 7. The fourth-order valence-electron chi connectivity index (χ4n) is 2.66. The number of aryl methyl sites for hydroxylation is 2. The number of carbonyl (C=O) groups excluding carboxylic acids is 1. The minimum absolute atomic E-state index is 0.0146. The van der Waals surface area contributed by atoms with Crippen molar-refractivity contribution in [3.8, 4) is 5.75 Å². The molecule has 32 heavy (non-hydrogen) atoms. The zero-order chi connectivity index (χ0) is 23.5. The molecule has 170 valence electrons. The number of halogens is 4. The van der Waals surface area contributed by atoms with E-state index in [4.69, 9.17) is 16.3 Å². The smallest absolute Gasteiger partial charge is 0.416 e. The van der Waals surface area contributed by atoms with Crippen LogP contribution in [-0.2, 0) is 24.6 Å². The van der Waals surface area contributed by atoms with Gasteiger partial charge in [-0.1, -0.05) is 29.4 Å². The van der Waals surface area contributed by atoms with Crippen LogP contribution in [0, 0.1) is 13.8 Å². The number of ether oxygens (including phenoxy) is 1. The first-order valence-corrected chi connectivity index (χ1v) is 10.8. The van der Waals surface area contributed by atoms with Crippen molar-refractivity contribution in [2.45, 2.75) is 31.8 Å². The Kier molecular flexibility index (Phi) is 7.35. The average Bonchev–Trinajstić information content (AvgIpc) is 3.07. The Labute approximate surface area is 192 Å². The number of anilines is 1. The molecule has 0 unspecified atom stereocenters. The molecule has 0 saturated heterocycles. The van der Waals surface area contributed by atoms with Crippen LogP contribution >= 0.6 is 23.4 Å². The van der Waals surface area contributed by atoms with Gasteiger partial charge in [0.25, 0.3) is 0 Å². The van der Waals surface area contributed by atoms with Crippen LogP contribution in [0.2, 0.25) is 5.02 Å². The van der Waals surface area contributed by atoms with Crippen molar-refractivity contribution in [3.63, 3.8) is 0 Å². The van der Waals surface area contributed by atoms with E-state index in [1.54, 1.807) is 11.6 Å². The number of carbonyl (C=O) groups is 1. The molecule has 6 nitrogen and oxygen atoms in total. The summed E-state index contributed by atoms with van der Waals surface area (Å²) >= 11 is 7.00. The van der Waals surface area contributed by atoms with Crippen LogP contribution < -0.4 is 10.1 Å². The molecule has 1 amide bonds. The third kappa shape index (κ3) is 5.95. The number of aromatic nitrogens is 3. The van der Waals surface area contributed by atoms with Crippen molar-refractivity contribution in [2.75, 3.05) is 11.1 Å². The number of hydrogen-bond donors (Lipinski definition) is 1. The summed E-state index contributed by atoms with van der Waals surface area (Å²) in [6.45, 7) is 4.21.